The molecule has 1 heterocycles. The maximum absolute atomic E-state index is 5.70. The molecule has 0 unspecified atom stereocenters. The van der Waals surface area contributed by atoms with Crippen molar-refractivity contribution < 1.29 is 4.84 Å². The molecule has 0 bridgehead atoms. The van der Waals surface area contributed by atoms with Crippen LogP contribution in [0.3, 0.4) is 0 Å². The third-order valence-electron chi connectivity index (χ3n) is 2.44. The lowest BCUT2D eigenvalue weighted by Gasteiger charge is -2.16. The molecule has 1 aliphatic rings. The first-order valence-corrected chi connectivity index (χ1v) is 4.50. The van der Waals surface area contributed by atoms with E-state index >= 15 is 0 Å². The van der Waals surface area contributed by atoms with Crippen molar-refractivity contribution in [2.75, 3.05) is 0 Å². The molecule has 0 radical (unpaired) electrons. The van der Waals surface area contributed by atoms with E-state index in [1.807, 2.05) is 19.1 Å². The Hall–Kier alpha value is -1.55. The smallest absolute Gasteiger partial charge is 0.170 e. The van der Waals surface area contributed by atoms with Crippen molar-refractivity contribution in [3.8, 4) is 0 Å². The number of nitrogens with two attached hydrogens (primary N) is 2. The number of nitrogens with zero attached hydrogens (tertiary/aromatic N) is 1. The molecule has 1 aromatic rings. The van der Waals surface area contributed by atoms with Gasteiger partial charge in [0, 0.05) is 17.7 Å². The Morgan fingerprint density at radius 1 is 1.50 bits per heavy atom. The van der Waals surface area contributed by atoms with Gasteiger partial charge in [-0.1, -0.05) is 11.2 Å². The summed E-state index contributed by atoms with van der Waals surface area (Å²) in [6.07, 6.45) is 0. The molecule has 4 N–H and O–H groups in total. The summed E-state index contributed by atoms with van der Waals surface area (Å²) in [6.45, 7) is 3.03. The number of hydrogen-bond donors (Lipinski definition) is 2. The van der Waals surface area contributed by atoms with Crippen molar-refractivity contribution >= 4 is 5.84 Å². The van der Waals surface area contributed by atoms with Crippen LogP contribution < -0.4 is 11.5 Å². The van der Waals surface area contributed by atoms with E-state index in [-0.39, 0.29) is 0 Å². The van der Waals surface area contributed by atoms with Crippen molar-refractivity contribution in [2.24, 2.45) is 16.6 Å². The van der Waals surface area contributed by atoms with Gasteiger partial charge >= 0.3 is 0 Å². The standard InChI is InChI=1S/C10H13N3O/c1-6-2-9-8(3-7(6)4-11)5-14-13-10(9)12/h2-3H,4-5,11H2,1H3,(H2,12,13). The molecule has 4 heteroatoms. The van der Waals surface area contributed by atoms with Crippen molar-refractivity contribution in [2.45, 2.75) is 20.1 Å². The zero-order valence-electron chi connectivity index (χ0n) is 8.08. The van der Waals surface area contributed by atoms with Crippen molar-refractivity contribution in [1.29, 1.82) is 0 Å². The second-order valence-corrected chi connectivity index (χ2v) is 3.39. The van der Waals surface area contributed by atoms with Crippen molar-refractivity contribution in [3.05, 3.63) is 34.4 Å². The zero-order valence-corrected chi connectivity index (χ0v) is 8.08. The molecule has 4 nitrogen and oxygen atoms in total. The van der Waals surface area contributed by atoms with Gasteiger partial charge in [0.25, 0.3) is 0 Å². The van der Waals surface area contributed by atoms with E-state index in [4.69, 9.17) is 16.3 Å². The lowest BCUT2D eigenvalue weighted by molar-refractivity contribution is 0.125. The SMILES string of the molecule is Cc1cc2c(cc1CN)CON=C2N. The molecule has 0 amide bonds. The van der Waals surface area contributed by atoms with Gasteiger partial charge in [0.15, 0.2) is 5.84 Å². The number of benzene rings is 1. The summed E-state index contributed by atoms with van der Waals surface area (Å²) < 4.78 is 0. The fourth-order valence-electron chi connectivity index (χ4n) is 1.60. The summed E-state index contributed by atoms with van der Waals surface area (Å²) in [5.41, 5.74) is 15.6. The van der Waals surface area contributed by atoms with Crippen LogP contribution in [0.2, 0.25) is 0 Å². The normalized spacial score (nSPS) is 14.3. The van der Waals surface area contributed by atoms with Crippen molar-refractivity contribution in [1.82, 2.24) is 0 Å². The summed E-state index contributed by atoms with van der Waals surface area (Å²) >= 11 is 0. The average molecular weight is 191 g/mol. The summed E-state index contributed by atoms with van der Waals surface area (Å²) in [4.78, 5) is 4.97. The number of oxime groups is 1. The van der Waals surface area contributed by atoms with E-state index < -0.39 is 0 Å². The molecule has 74 valence electrons. The van der Waals surface area contributed by atoms with Crippen LogP contribution in [0, 0.1) is 6.92 Å². The van der Waals surface area contributed by atoms with E-state index in [9.17, 15) is 0 Å². The maximum Gasteiger partial charge on any atom is 0.170 e. The fourth-order valence-corrected chi connectivity index (χ4v) is 1.60. The Bertz CT molecular complexity index is 399. The Labute approximate surface area is 82.5 Å². The van der Waals surface area contributed by atoms with Gasteiger partial charge in [-0.15, -0.1) is 0 Å². The Kier molecular flexibility index (Phi) is 2.13. The minimum absolute atomic E-state index is 0.443. The van der Waals surface area contributed by atoms with E-state index in [1.165, 1.54) is 0 Å². The molecule has 0 spiro atoms. The Balaban J connectivity index is 2.56. The number of aryl methyl sites for hydroxylation is 1. The Morgan fingerprint density at radius 3 is 3.00 bits per heavy atom. The first-order chi connectivity index (χ1) is 6.72. The van der Waals surface area contributed by atoms with Crippen LogP contribution in [0.1, 0.15) is 22.3 Å². The third-order valence-corrected chi connectivity index (χ3v) is 2.44. The van der Waals surface area contributed by atoms with E-state index in [1.54, 1.807) is 0 Å². The summed E-state index contributed by atoms with van der Waals surface area (Å²) in [5, 5.41) is 3.73. The Morgan fingerprint density at radius 2 is 2.29 bits per heavy atom. The lowest BCUT2D eigenvalue weighted by atomic mass is 9.98. The number of fused-ring (bicyclic) bond motifs is 1. The molecule has 1 aliphatic heterocycles. The van der Waals surface area contributed by atoms with Gasteiger partial charge < -0.3 is 16.3 Å². The van der Waals surface area contributed by atoms with Crippen LogP contribution in [0.25, 0.3) is 0 Å². The highest BCUT2D eigenvalue weighted by atomic mass is 16.6. The van der Waals surface area contributed by atoms with E-state index in [0.29, 0.717) is 19.0 Å². The summed E-state index contributed by atoms with van der Waals surface area (Å²) in [5.74, 6) is 0.443. The monoisotopic (exact) mass is 191 g/mol. The number of hydrogen-bond acceptors (Lipinski definition) is 4. The summed E-state index contributed by atoms with van der Waals surface area (Å²) in [6, 6.07) is 4.05. The topological polar surface area (TPSA) is 73.6 Å². The molecule has 0 aliphatic carbocycles. The van der Waals surface area contributed by atoms with Gasteiger partial charge in [-0.05, 0) is 24.1 Å². The van der Waals surface area contributed by atoms with Gasteiger partial charge in [0.1, 0.15) is 6.61 Å². The predicted octanol–water partition coefficient (Wildman–Crippen LogP) is 0.604. The lowest BCUT2D eigenvalue weighted by Crippen LogP contribution is -2.21. The molecule has 0 aromatic heterocycles. The second kappa shape index (κ2) is 3.31. The highest BCUT2D eigenvalue weighted by Gasteiger charge is 2.14. The largest absolute Gasteiger partial charge is 0.389 e. The highest BCUT2D eigenvalue weighted by Crippen LogP contribution is 2.20. The molecule has 0 saturated heterocycles. The maximum atomic E-state index is 5.70. The quantitative estimate of drug-likeness (QED) is 0.682. The highest BCUT2D eigenvalue weighted by molar-refractivity contribution is 5.99. The number of rotatable bonds is 1. The minimum atomic E-state index is 0.443. The molecular formula is C10H13N3O. The molecule has 2 rings (SSSR count). The summed E-state index contributed by atoms with van der Waals surface area (Å²) in [7, 11) is 0. The molecule has 14 heavy (non-hydrogen) atoms. The fraction of sp³-hybridized carbons (Fsp3) is 0.300. The van der Waals surface area contributed by atoms with Crippen LogP contribution in [-0.2, 0) is 18.0 Å². The molecule has 1 aromatic carbocycles. The molecule has 0 atom stereocenters. The van der Waals surface area contributed by atoms with E-state index in [0.717, 1.165) is 22.3 Å². The van der Waals surface area contributed by atoms with Crippen LogP contribution >= 0.6 is 0 Å². The van der Waals surface area contributed by atoms with Gasteiger partial charge in [0.05, 0.1) is 0 Å². The van der Waals surface area contributed by atoms with E-state index in [2.05, 4.69) is 5.16 Å². The molecular weight excluding hydrogens is 178 g/mol. The van der Waals surface area contributed by atoms with Crippen LogP contribution in [0.4, 0.5) is 0 Å². The van der Waals surface area contributed by atoms with Gasteiger partial charge in [-0.25, -0.2) is 0 Å². The zero-order chi connectivity index (χ0) is 10.1. The molecule has 0 saturated carbocycles. The van der Waals surface area contributed by atoms with Crippen molar-refractivity contribution in [3.63, 3.8) is 0 Å². The predicted molar refractivity (Wildman–Crippen MR) is 54.6 cm³/mol. The van der Waals surface area contributed by atoms with Crippen LogP contribution in [0.5, 0.6) is 0 Å². The van der Waals surface area contributed by atoms with Crippen LogP contribution in [-0.4, -0.2) is 5.84 Å². The number of amidine groups is 1. The third kappa shape index (κ3) is 1.33. The first-order valence-electron chi connectivity index (χ1n) is 4.50. The average Bonchev–Trinajstić information content (AvgIpc) is 2.19. The minimum Gasteiger partial charge on any atom is -0.389 e. The first kappa shape index (κ1) is 9.02. The molecule has 0 fully saturated rings. The second-order valence-electron chi connectivity index (χ2n) is 3.39. The van der Waals surface area contributed by atoms with Gasteiger partial charge in [-0.3, -0.25) is 0 Å². The van der Waals surface area contributed by atoms with Gasteiger partial charge in [-0.2, -0.15) is 0 Å². The van der Waals surface area contributed by atoms with Crippen LogP contribution in [0.15, 0.2) is 17.3 Å². The van der Waals surface area contributed by atoms with Gasteiger partial charge in [0.2, 0.25) is 0 Å².